The minimum atomic E-state index is -4.71. The van der Waals surface area contributed by atoms with E-state index in [0.717, 1.165) is 89.9 Å². The van der Waals surface area contributed by atoms with Gasteiger partial charge in [-0.2, -0.15) is 0 Å². The van der Waals surface area contributed by atoms with Gasteiger partial charge in [0, 0.05) is 12.8 Å². The highest BCUT2D eigenvalue weighted by molar-refractivity contribution is 7.45. The summed E-state index contributed by atoms with van der Waals surface area (Å²) < 4.78 is 30.3. The van der Waals surface area contributed by atoms with E-state index in [1.807, 2.05) is 33.3 Å². The van der Waals surface area contributed by atoms with Gasteiger partial charge in [0.15, 0.2) is 0 Å². The van der Waals surface area contributed by atoms with E-state index in [-0.39, 0.29) is 24.9 Å². The standard InChI is InChI=1S/C64H115N2O7P/c1-7-10-13-16-19-22-25-28-30-31-32-33-34-35-36-39-42-45-48-51-54-57-64(68)73-62(55-52-49-46-43-40-37-27-24-21-18-15-12-9-3)61(60-72-74(69,70)71-59-58-66(4,5)6)65-63(67)56-53-50-47-44-41-38-29-26-23-20-17-14-11-8-2/h10,13,19,22,28,30,32-33,35-36,42,45,52,55,61-62H,7-9,11-12,14-18,20-21,23-27,29,31,34,37-41,43-44,46-51,53-54,56-60H2,1-6H3,(H-,65,67,69,70)/b13-10-,22-19-,30-28-,33-32-,36-35-,45-42-,55-52+. The zero-order valence-corrected chi connectivity index (χ0v) is 49.7. The van der Waals surface area contributed by atoms with E-state index in [0.29, 0.717) is 23.9 Å². The van der Waals surface area contributed by atoms with E-state index in [2.05, 4.69) is 99.0 Å². The van der Waals surface area contributed by atoms with Gasteiger partial charge in [0.25, 0.3) is 7.82 Å². The summed E-state index contributed by atoms with van der Waals surface area (Å²) in [5.41, 5.74) is 0. The van der Waals surface area contributed by atoms with Gasteiger partial charge < -0.3 is 28.5 Å². The number of phosphoric ester groups is 1. The van der Waals surface area contributed by atoms with Gasteiger partial charge in [-0.25, -0.2) is 0 Å². The van der Waals surface area contributed by atoms with Crippen molar-refractivity contribution in [3.8, 4) is 0 Å². The van der Waals surface area contributed by atoms with Crippen LogP contribution in [0.1, 0.15) is 258 Å². The van der Waals surface area contributed by atoms with Gasteiger partial charge >= 0.3 is 5.97 Å². The Morgan fingerprint density at radius 2 is 0.865 bits per heavy atom. The number of hydrogen-bond acceptors (Lipinski definition) is 7. The molecule has 0 bridgehead atoms. The number of nitrogens with zero attached hydrogens (tertiary/aromatic N) is 1. The van der Waals surface area contributed by atoms with Gasteiger partial charge in [0.2, 0.25) is 5.91 Å². The van der Waals surface area contributed by atoms with Crippen LogP contribution in [-0.2, 0) is 27.9 Å². The van der Waals surface area contributed by atoms with Crippen LogP contribution < -0.4 is 10.2 Å². The second-order valence-corrected chi connectivity index (χ2v) is 22.9. The van der Waals surface area contributed by atoms with Gasteiger partial charge in [-0.3, -0.25) is 14.2 Å². The first-order valence-corrected chi connectivity index (χ1v) is 31.9. The number of nitrogens with one attached hydrogen (secondary N) is 1. The third-order valence-corrected chi connectivity index (χ3v) is 14.1. The largest absolute Gasteiger partial charge is 0.756 e. The smallest absolute Gasteiger partial charge is 0.306 e. The van der Waals surface area contributed by atoms with E-state index in [1.165, 1.54) is 128 Å². The molecule has 0 aromatic carbocycles. The molecule has 0 saturated heterocycles. The fraction of sp³-hybridized carbons (Fsp3) is 0.750. The Balaban J connectivity index is 5.38. The van der Waals surface area contributed by atoms with Gasteiger partial charge in [-0.05, 0) is 83.1 Å². The molecule has 0 fully saturated rings. The fourth-order valence-electron chi connectivity index (χ4n) is 8.41. The summed E-state index contributed by atoms with van der Waals surface area (Å²) in [5.74, 6) is -0.590. The molecule has 0 aliphatic heterocycles. The normalized spacial score (nSPS) is 14.3. The average Bonchev–Trinajstić information content (AvgIpc) is 3.36. The van der Waals surface area contributed by atoms with E-state index in [9.17, 15) is 19.0 Å². The van der Waals surface area contributed by atoms with Crippen LogP contribution in [0.2, 0.25) is 0 Å². The number of hydrogen-bond donors (Lipinski definition) is 1. The van der Waals surface area contributed by atoms with Crippen molar-refractivity contribution in [1.29, 1.82) is 0 Å². The molecule has 1 N–H and O–H groups in total. The summed E-state index contributed by atoms with van der Waals surface area (Å²) in [4.78, 5) is 39.9. The summed E-state index contributed by atoms with van der Waals surface area (Å²) >= 11 is 0. The number of amides is 1. The molecule has 1 amide bonds. The molecule has 3 atom stereocenters. The van der Waals surface area contributed by atoms with Gasteiger partial charge in [0.1, 0.15) is 19.3 Å². The number of quaternary nitrogens is 1. The molecule has 0 rings (SSSR count). The van der Waals surface area contributed by atoms with Crippen LogP contribution in [0.15, 0.2) is 85.1 Å². The average molecular weight is 1060 g/mol. The molecule has 3 unspecified atom stereocenters. The number of likely N-dealkylation sites (N-methyl/N-ethyl adjacent to an activating group) is 1. The number of allylic oxidation sites excluding steroid dienone is 13. The van der Waals surface area contributed by atoms with E-state index < -0.39 is 26.6 Å². The van der Waals surface area contributed by atoms with Crippen LogP contribution in [0.5, 0.6) is 0 Å². The molecular formula is C64H115N2O7P. The molecule has 0 aliphatic rings. The third kappa shape index (κ3) is 54.0. The fourth-order valence-corrected chi connectivity index (χ4v) is 9.13. The predicted molar refractivity (Wildman–Crippen MR) is 316 cm³/mol. The molecular weight excluding hydrogens is 940 g/mol. The van der Waals surface area contributed by atoms with Crippen molar-refractivity contribution in [3.05, 3.63) is 85.1 Å². The van der Waals surface area contributed by atoms with E-state index in [1.54, 1.807) is 0 Å². The maximum absolute atomic E-state index is 13.5. The number of carbonyl (C=O) groups is 2. The Hall–Kier alpha value is -2.81. The van der Waals surface area contributed by atoms with E-state index in [4.69, 9.17) is 13.8 Å². The van der Waals surface area contributed by atoms with Crippen LogP contribution in [0, 0.1) is 0 Å². The third-order valence-electron chi connectivity index (χ3n) is 13.1. The summed E-state index contributed by atoms with van der Waals surface area (Å²) in [7, 11) is 1.16. The number of unbranched alkanes of at least 4 members (excludes halogenated alkanes) is 26. The highest BCUT2D eigenvalue weighted by Crippen LogP contribution is 2.38. The lowest BCUT2D eigenvalue weighted by Crippen LogP contribution is -2.47. The Morgan fingerprint density at radius 3 is 1.31 bits per heavy atom. The van der Waals surface area contributed by atoms with Gasteiger partial charge in [-0.1, -0.05) is 247 Å². The number of esters is 1. The molecule has 0 aromatic heterocycles. The van der Waals surface area contributed by atoms with Crippen molar-refractivity contribution >= 4 is 19.7 Å². The highest BCUT2D eigenvalue weighted by atomic mass is 31.2. The Kier molecular flexibility index (Phi) is 51.5. The minimum Gasteiger partial charge on any atom is -0.756 e. The SMILES string of the molecule is CC/C=C\C/C=C\C/C=C\C/C=C\C/C=C\C/C=C\CCCCC(=O)OC(/C=C/CCCCCCCCCCCCC)C(COP(=O)([O-])OCC[N+](C)(C)C)NC(=O)CCCCCCCCCCCCCCCC. The molecule has 74 heavy (non-hydrogen) atoms. The highest BCUT2D eigenvalue weighted by Gasteiger charge is 2.27. The first-order valence-electron chi connectivity index (χ1n) is 30.4. The van der Waals surface area contributed by atoms with Crippen LogP contribution >= 0.6 is 7.82 Å². The summed E-state index contributed by atoms with van der Waals surface area (Å²) in [5, 5.41) is 3.01. The Bertz CT molecular complexity index is 1540. The second-order valence-electron chi connectivity index (χ2n) is 21.5. The lowest BCUT2D eigenvalue weighted by molar-refractivity contribution is -0.870. The van der Waals surface area contributed by atoms with Crippen molar-refractivity contribution in [3.63, 3.8) is 0 Å². The first kappa shape index (κ1) is 71.2. The van der Waals surface area contributed by atoms with Crippen molar-refractivity contribution in [2.24, 2.45) is 0 Å². The molecule has 10 heteroatoms. The lowest BCUT2D eigenvalue weighted by Gasteiger charge is -2.30. The van der Waals surface area contributed by atoms with Crippen molar-refractivity contribution in [2.45, 2.75) is 270 Å². The number of ether oxygens (including phenoxy) is 1. The topological polar surface area (TPSA) is 114 Å². The lowest BCUT2D eigenvalue weighted by atomic mass is 10.0. The monoisotopic (exact) mass is 1050 g/mol. The molecule has 0 aliphatic carbocycles. The van der Waals surface area contributed by atoms with Crippen LogP contribution in [0.3, 0.4) is 0 Å². The van der Waals surface area contributed by atoms with Crippen molar-refractivity contribution < 1.29 is 37.3 Å². The van der Waals surface area contributed by atoms with Gasteiger partial charge in [0.05, 0.1) is 33.8 Å². The number of rotatable bonds is 54. The Labute approximate surface area is 456 Å². The van der Waals surface area contributed by atoms with Crippen molar-refractivity contribution in [1.82, 2.24) is 5.32 Å². The van der Waals surface area contributed by atoms with Crippen LogP contribution in [0.25, 0.3) is 0 Å². The second kappa shape index (κ2) is 53.6. The summed E-state index contributed by atoms with van der Waals surface area (Å²) in [6, 6.07) is -0.908. The number of carbonyl (C=O) groups excluding carboxylic acids is 2. The molecule has 0 spiro atoms. The molecule has 428 valence electrons. The maximum Gasteiger partial charge on any atom is 0.306 e. The quantitative estimate of drug-likeness (QED) is 0.0212. The summed E-state index contributed by atoms with van der Waals surface area (Å²) in [6.07, 6.45) is 69.7. The van der Waals surface area contributed by atoms with Crippen LogP contribution in [0.4, 0.5) is 0 Å². The molecule has 0 saturated carbocycles. The van der Waals surface area contributed by atoms with Crippen molar-refractivity contribution in [2.75, 3.05) is 40.9 Å². The molecule has 9 nitrogen and oxygen atoms in total. The summed E-state index contributed by atoms with van der Waals surface area (Å²) in [6.45, 7) is 6.70. The maximum atomic E-state index is 13.5. The minimum absolute atomic E-state index is 0.0315. The molecule has 0 aromatic rings. The first-order chi connectivity index (χ1) is 35.9. The van der Waals surface area contributed by atoms with Gasteiger partial charge in [-0.15, -0.1) is 0 Å². The zero-order chi connectivity index (χ0) is 54.3. The zero-order valence-electron chi connectivity index (χ0n) is 48.8. The molecule has 0 heterocycles. The van der Waals surface area contributed by atoms with Crippen LogP contribution in [-0.4, -0.2) is 69.4 Å². The Morgan fingerprint density at radius 1 is 0.486 bits per heavy atom. The predicted octanol–water partition coefficient (Wildman–Crippen LogP) is 18.0. The number of phosphoric acid groups is 1. The van der Waals surface area contributed by atoms with E-state index >= 15 is 0 Å². The molecule has 0 radical (unpaired) electrons.